The molecule has 0 unspecified atom stereocenters. The van der Waals surface area contributed by atoms with E-state index in [1.54, 1.807) is 12.1 Å². The molecule has 7 heteroatoms. The highest BCUT2D eigenvalue weighted by Gasteiger charge is 2.20. The van der Waals surface area contributed by atoms with Crippen molar-refractivity contribution >= 4 is 23.1 Å². The molecule has 2 aromatic heterocycles. The van der Waals surface area contributed by atoms with E-state index in [1.165, 1.54) is 18.5 Å². The molecule has 0 radical (unpaired) electrons. The number of rotatable bonds is 2. The number of halogens is 1. The van der Waals surface area contributed by atoms with Crippen molar-refractivity contribution in [2.24, 2.45) is 0 Å². The number of hydrogen-bond donors (Lipinski definition) is 1. The molecule has 6 nitrogen and oxygen atoms in total. The molecule has 0 spiro atoms. The summed E-state index contributed by atoms with van der Waals surface area (Å²) in [5.41, 5.74) is 6.20. The van der Waals surface area contributed by atoms with Gasteiger partial charge in [0.15, 0.2) is 0 Å². The molecule has 2 aromatic rings. The van der Waals surface area contributed by atoms with E-state index in [2.05, 4.69) is 9.97 Å². The number of hydrogen-bond acceptors (Lipinski definition) is 5. The lowest BCUT2D eigenvalue weighted by atomic mass is 10.1. The molecule has 0 aromatic carbocycles. The molecule has 0 aliphatic rings. The second kappa shape index (κ2) is 4.34. The number of pyridine rings is 2. The van der Waals surface area contributed by atoms with Crippen LogP contribution >= 0.6 is 11.6 Å². The first-order valence-corrected chi connectivity index (χ1v) is 4.98. The fourth-order valence-electron chi connectivity index (χ4n) is 1.43. The Morgan fingerprint density at radius 1 is 1.29 bits per heavy atom. The van der Waals surface area contributed by atoms with E-state index in [4.69, 9.17) is 17.3 Å². The summed E-state index contributed by atoms with van der Waals surface area (Å²) in [6, 6.07) is 4.70. The van der Waals surface area contributed by atoms with Crippen molar-refractivity contribution in [3.05, 3.63) is 45.9 Å². The smallest absolute Gasteiger partial charge is 0.318 e. The Balaban J connectivity index is 2.63. The molecular formula is C10H7ClN4O2. The first-order chi connectivity index (χ1) is 8.09. The van der Waals surface area contributed by atoms with Crippen LogP contribution in [-0.4, -0.2) is 14.9 Å². The minimum Gasteiger partial charge on any atom is -0.378 e. The van der Waals surface area contributed by atoms with Crippen LogP contribution in [0.15, 0.2) is 30.6 Å². The number of aromatic nitrogens is 2. The highest BCUT2D eigenvalue weighted by molar-refractivity contribution is 6.29. The maximum atomic E-state index is 10.9. The summed E-state index contributed by atoms with van der Waals surface area (Å²) in [6.45, 7) is 0. The van der Waals surface area contributed by atoms with Gasteiger partial charge in [0.2, 0.25) is 5.82 Å². The molecule has 17 heavy (non-hydrogen) atoms. The van der Waals surface area contributed by atoms with E-state index in [0.717, 1.165) is 0 Å². The van der Waals surface area contributed by atoms with Crippen LogP contribution in [0.25, 0.3) is 11.1 Å². The first-order valence-electron chi connectivity index (χ1n) is 4.60. The third kappa shape index (κ3) is 2.16. The Labute approximate surface area is 101 Å². The quantitative estimate of drug-likeness (QED) is 0.501. The van der Waals surface area contributed by atoms with Gasteiger partial charge in [0.05, 0.1) is 10.5 Å². The molecule has 0 aliphatic heterocycles. The zero-order valence-corrected chi connectivity index (χ0v) is 9.26. The van der Waals surface area contributed by atoms with Gasteiger partial charge in [0.25, 0.3) is 0 Å². The van der Waals surface area contributed by atoms with Crippen LogP contribution < -0.4 is 5.73 Å². The Morgan fingerprint density at radius 3 is 2.65 bits per heavy atom. The molecule has 0 fully saturated rings. The minimum absolute atomic E-state index is 0.123. The Hall–Kier alpha value is -2.21. The van der Waals surface area contributed by atoms with Gasteiger partial charge in [-0.3, -0.25) is 10.1 Å². The van der Waals surface area contributed by atoms with Crippen LogP contribution in [0, 0.1) is 10.1 Å². The molecule has 0 aliphatic carbocycles. The lowest BCUT2D eigenvalue weighted by Crippen LogP contribution is -2.00. The van der Waals surface area contributed by atoms with Gasteiger partial charge in [0, 0.05) is 18.0 Å². The summed E-state index contributed by atoms with van der Waals surface area (Å²) in [4.78, 5) is 17.9. The molecule has 2 N–H and O–H groups in total. The Morgan fingerprint density at radius 2 is 2.06 bits per heavy atom. The van der Waals surface area contributed by atoms with Crippen LogP contribution in [0.3, 0.4) is 0 Å². The van der Waals surface area contributed by atoms with Crippen molar-refractivity contribution in [2.75, 3.05) is 5.73 Å². The van der Waals surface area contributed by atoms with Gasteiger partial charge in [0.1, 0.15) is 5.15 Å². The van der Waals surface area contributed by atoms with Gasteiger partial charge in [-0.1, -0.05) is 11.6 Å². The first kappa shape index (κ1) is 11.3. The number of nitrogens with two attached hydrogens (primary N) is 1. The van der Waals surface area contributed by atoms with Crippen LogP contribution in [0.5, 0.6) is 0 Å². The van der Waals surface area contributed by atoms with Gasteiger partial charge < -0.3 is 5.73 Å². The number of nitro groups is 1. The predicted molar refractivity (Wildman–Crippen MR) is 63.5 cm³/mol. The van der Waals surface area contributed by atoms with Crippen LogP contribution in [0.4, 0.5) is 11.5 Å². The average Bonchev–Trinajstić information content (AvgIpc) is 2.29. The molecule has 2 rings (SSSR count). The predicted octanol–water partition coefficient (Wildman–Crippen LogP) is 2.29. The summed E-state index contributed by atoms with van der Waals surface area (Å²) in [7, 11) is 0. The summed E-state index contributed by atoms with van der Waals surface area (Å²) in [5.74, 6) is -0.123. The molecule has 0 saturated heterocycles. The van der Waals surface area contributed by atoms with Gasteiger partial charge in [-0.05, 0) is 18.2 Å². The standard InChI is InChI=1S/C10H7ClN4O2/c11-8-2-1-6(5-14-8)7-3-4-13-10(12)9(7)15(16)17/h1-5H,(H2,12,13). The molecule has 0 bridgehead atoms. The summed E-state index contributed by atoms with van der Waals surface area (Å²) in [6.07, 6.45) is 2.86. The van der Waals surface area contributed by atoms with Crippen molar-refractivity contribution in [3.8, 4) is 11.1 Å². The minimum atomic E-state index is -0.563. The molecule has 2 heterocycles. The topological polar surface area (TPSA) is 94.9 Å². The summed E-state index contributed by atoms with van der Waals surface area (Å²) < 4.78 is 0. The Kier molecular flexibility index (Phi) is 2.88. The number of nitrogens with zero attached hydrogens (tertiary/aromatic N) is 3. The van der Waals surface area contributed by atoms with Gasteiger partial charge in [-0.2, -0.15) is 0 Å². The fraction of sp³-hybridized carbons (Fsp3) is 0. The molecule has 0 atom stereocenters. The van der Waals surface area contributed by atoms with Gasteiger partial charge in [-0.25, -0.2) is 9.97 Å². The number of anilines is 1. The SMILES string of the molecule is Nc1nccc(-c2ccc(Cl)nc2)c1[N+](=O)[O-]. The average molecular weight is 251 g/mol. The maximum absolute atomic E-state index is 10.9. The molecular weight excluding hydrogens is 244 g/mol. The molecule has 0 saturated carbocycles. The van der Waals surface area contributed by atoms with Crippen molar-refractivity contribution in [1.29, 1.82) is 0 Å². The van der Waals surface area contributed by atoms with Gasteiger partial charge >= 0.3 is 5.69 Å². The maximum Gasteiger partial charge on any atom is 0.318 e. The second-order valence-electron chi connectivity index (χ2n) is 3.22. The fourth-order valence-corrected chi connectivity index (χ4v) is 1.54. The highest BCUT2D eigenvalue weighted by Crippen LogP contribution is 2.32. The van der Waals surface area contributed by atoms with Crippen molar-refractivity contribution < 1.29 is 4.92 Å². The van der Waals surface area contributed by atoms with Crippen LogP contribution in [-0.2, 0) is 0 Å². The second-order valence-corrected chi connectivity index (χ2v) is 3.61. The Bertz CT molecular complexity index is 571. The summed E-state index contributed by atoms with van der Waals surface area (Å²) in [5, 5.41) is 11.2. The van der Waals surface area contributed by atoms with E-state index in [-0.39, 0.29) is 11.5 Å². The van der Waals surface area contributed by atoms with Crippen molar-refractivity contribution in [1.82, 2.24) is 9.97 Å². The van der Waals surface area contributed by atoms with E-state index >= 15 is 0 Å². The van der Waals surface area contributed by atoms with Gasteiger partial charge in [-0.15, -0.1) is 0 Å². The van der Waals surface area contributed by atoms with E-state index < -0.39 is 4.92 Å². The van der Waals surface area contributed by atoms with Crippen LogP contribution in [0.2, 0.25) is 5.15 Å². The lowest BCUT2D eigenvalue weighted by molar-refractivity contribution is -0.383. The largest absolute Gasteiger partial charge is 0.378 e. The van der Waals surface area contributed by atoms with Crippen molar-refractivity contribution in [2.45, 2.75) is 0 Å². The summed E-state index contributed by atoms with van der Waals surface area (Å²) >= 11 is 5.65. The normalized spacial score (nSPS) is 10.2. The van der Waals surface area contributed by atoms with Crippen LogP contribution in [0.1, 0.15) is 0 Å². The van der Waals surface area contributed by atoms with E-state index in [1.807, 2.05) is 0 Å². The van der Waals surface area contributed by atoms with E-state index in [0.29, 0.717) is 16.3 Å². The molecule has 86 valence electrons. The number of nitrogen functional groups attached to an aromatic ring is 1. The molecule has 0 amide bonds. The van der Waals surface area contributed by atoms with E-state index in [9.17, 15) is 10.1 Å². The zero-order chi connectivity index (χ0) is 12.4. The lowest BCUT2D eigenvalue weighted by Gasteiger charge is -2.04. The van der Waals surface area contributed by atoms with Crippen molar-refractivity contribution in [3.63, 3.8) is 0 Å². The zero-order valence-electron chi connectivity index (χ0n) is 8.50. The highest BCUT2D eigenvalue weighted by atomic mass is 35.5. The monoisotopic (exact) mass is 250 g/mol. The third-order valence-electron chi connectivity index (χ3n) is 2.17. The third-order valence-corrected chi connectivity index (χ3v) is 2.40.